The molecule has 2 aliphatic carbocycles. The molecule has 0 aliphatic heterocycles. The molecule has 120 valence electrons. The van der Waals surface area contributed by atoms with Crippen LogP contribution in [0.15, 0.2) is 17.8 Å². The van der Waals surface area contributed by atoms with E-state index < -0.39 is 5.60 Å². The van der Waals surface area contributed by atoms with Crippen LogP contribution in [0.2, 0.25) is 0 Å². The van der Waals surface area contributed by atoms with E-state index in [1.807, 2.05) is 6.92 Å². The van der Waals surface area contributed by atoms with Gasteiger partial charge in [0.05, 0.1) is 5.71 Å². The first-order valence-electron chi connectivity index (χ1n) is 8.70. The molecule has 2 saturated carbocycles. The summed E-state index contributed by atoms with van der Waals surface area (Å²) in [5, 5.41) is 15.8. The molecule has 2 rings (SSSR count). The summed E-state index contributed by atoms with van der Waals surface area (Å²) in [4.78, 5) is 5.28. The molecule has 1 N–H and O–H groups in total. The number of oxime groups is 1. The van der Waals surface area contributed by atoms with Gasteiger partial charge in [-0.1, -0.05) is 56.3 Å². The van der Waals surface area contributed by atoms with Gasteiger partial charge in [-0.25, -0.2) is 0 Å². The predicted octanol–water partition coefficient (Wildman–Crippen LogP) is 4.46. The highest BCUT2D eigenvalue weighted by molar-refractivity contribution is 5.90. The van der Waals surface area contributed by atoms with Crippen molar-refractivity contribution in [2.24, 2.45) is 17.0 Å². The van der Waals surface area contributed by atoms with Gasteiger partial charge in [0.25, 0.3) is 0 Å². The fourth-order valence-corrected chi connectivity index (χ4v) is 4.27. The molecule has 3 nitrogen and oxygen atoms in total. The summed E-state index contributed by atoms with van der Waals surface area (Å²) in [5.74, 6) is 0.705. The SMILES string of the molecule is C=CCO/N=C(\C)C(O)(C1CCCCC1)C1CCCCC1. The minimum atomic E-state index is -0.762. The maximum absolute atomic E-state index is 11.6. The lowest BCUT2D eigenvalue weighted by Crippen LogP contribution is -2.52. The zero-order valence-electron chi connectivity index (χ0n) is 13.5. The number of hydrogen-bond donors (Lipinski definition) is 1. The molecule has 3 heteroatoms. The normalized spacial score (nSPS) is 23.0. The monoisotopic (exact) mass is 293 g/mol. The van der Waals surface area contributed by atoms with Gasteiger partial charge in [-0.2, -0.15) is 0 Å². The van der Waals surface area contributed by atoms with Crippen LogP contribution in [0.5, 0.6) is 0 Å². The minimum Gasteiger partial charge on any atom is -0.392 e. The van der Waals surface area contributed by atoms with E-state index in [1.165, 1.54) is 38.5 Å². The quantitative estimate of drug-likeness (QED) is 0.340. The van der Waals surface area contributed by atoms with E-state index in [0.29, 0.717) is 18.4 Å². The third-order valence-electron chi connectivity index (χ3n) is 5.43. The highest BCUT2D eigenvalue weighted by atomic mass is 16.6. The number of rotatable bonds is 6. The Bertz CT molecular complexity index is 334. The third-order valence-corrected chi connectivity index (χ3v) is 5.43. The van der Waals surface area contributed by atoms with E-state index in [9.17, 15) is 5.11 Å². The van der Waals surface area contributed by atoms with E-state index in [0.717, 1.165) is 31.4 Å². The summed E-state index contributed by atoms with van der Waals surface area (Å²) in [5.41, 5.74) is 0.0188. The van der Waals surface area contributed by atoms with E-state index in [2.05, 4.69) is 11.7 Å². The Morgan fingerprint density at radius 3 is 2.00 bits per heavy atom. The van der Waals surface area contributed by atoms with Crippen molar-refractivity contribution < 1.29 is 9.94 Å². The molecule has 2 aliphatic rings. The molecule has 0 amide bonds. The Balaban J connectivity index is 2.18. The van der Waals surface area contributed by atoms with Gasteiger partial charge in [0.1, 0.15) is 12.2 Å². The lowest BCUT2D eigenvalue weighted by Gasteiger charge is -2.45. The van der Waals surface area contributed by atoms with Gasteiger partial charge in [0.2, 0.25) is 0 Å². The van der Waals surface area contributed by atoms with Crippen LogP contribution >= 0.6 is 0 Å². The summed E-state index contributed by atoms with van der Waals surface area (Å²) in [6.45, 7) is 6.00. The molecule has 0 radical (unpaired) electrons. The van der Waals surface area contributed by atoms with Crippen LogP contribution in [0, 0.1) is 11.8 Å². The van der Waals surface area contributed by atoms with E-state index in [4.69, 9.17) is 4.84 Å². The lowest BCUT2D eigenvalue weighted by atomic mass is 9.64. The van der Waals surface area contributed by atoms with Crippen molar-refractivity contribution in [3.05, 3.63) is 12.7 Å². The van der Waals surface area contributed by atoms with Crippen LogP contribution in [0.3, 0.4) is 0 Å². The van der Waals surface area contributed by atoms with Crippen LogP contribution < -0.4 is 0 Å². The molecule has 2 fully saturated rings. The minimum absolute atomic E-state index is 0.352. The fourth-order valence-electron chi connectivity index (χ4n) is 4.27. The Labute approximate surface area is 129 Å². The first kappa shape index (κ1) is 16.5. The Hall–Kier alpha value is -0.830. The molecule has 0 heterocycles. The zero-order chi connectivity index (χ0) is 15.1. The van der Waals surface area contributed by atoms with Crippen molar-refractivity contribution >= 4 is 5.71 Å². The molecule has 0 saturated heterocycles. The van der Waals surface area contributed by atoms with E-state index in [1.54, 1.807) is 6.08 Å². The highest BCUT2D eigenvalue weighted by Crippen LogP contribution is 2.43. The smallest absolute Gasteiger partial charge is 0.135 e. The molecule has 0 aromatic heterocycles. The van der Waals surface area contributed by atoms with Crippen LogP contribution in [0.4, 0.5) is 0 Å². The Morgan fingerprint density at radius 1 is 1.10 bits per heavy atom. The Kier molecular flexibility index (Phi) is 6.28. The van der Waals surface area contributed by atoms with Gasteiger partial charge < -0.3 is 9.94 Å². The standard InChI is InChI=1S/C18H31NO2/c1-3-14-21-19-15(2)18(20,16-10-6-4-7-11-16)17-12-8-5-9-13-17/h3,16-17,20H,1,4-14H2,2H3/b19-15+. The van der Waals surface area contributed by atoms with Gasteiger partial charge in [0, 0.05) is 0 Å². The van der Waals surface area contributed by atoms with Crippen molar-refractivity contribution in [1.29, 1.82) is 0 Å². The number of aliphatic hydroxyl groups is 1. The maximum atomic E-state index is 11.6. The molecule has 0 bridgehead atoms. The highest BCUT2D eigenvalue weighted by Gasteiger charge is 2.46. The van der Waals surface area contributed by atoms with Crippen molar-refractivity contribution in [3.63, 3.8) is 0 Å². The Morgan fingerprint density at radius 2 is 1.57 bits per heavy atom. The average Bonchev–Trinajstić information content (AvgIpc) is 2.56. The van der Waals surface area contributed by atoms with Crippen molar-refractivity contribution in [3.8, 4) is 0 Å². The van der Waals surface area contributed by atoms with Gasteiger partial charge in [0.15, 0.2) is 0 Å². The second kappa shape index (κ2) is 7.98. The second-order valence-corrected chi connectivity index (χ2v) is 6.76. The predicted molar refractivity (Wildman–Crippen MR) is 87.4 cm³/mol. The van der Waals surface area contributed by atoms with Gasteiger partial charge >= 0.3 is 0 Å². The van der Waals surface area contributed by atoms with Gasteiger partial charge in [-0.05, 0) is 44.4 Å². The molecule has 0 aromatic rings. The maximum Gasteiger partial charge on any atom is 0.135 e. The number of nitrogens with zero attached hydrogens (tertiary/aromatic N) is 1. The molecule has 21 heavy (non-hydrogen) atoms. The molecule has 0 spiro atoms. The summed E-state index contributed by atoms with van der Waals surface area (Å²) >= 11 is 0. The first-order chi connectivity index (χ1) is 10.2. The lowest BCUT2D eigenvalue weighted by molar-refractivity contribution is -0.0376. The van der Waals surface area contributed by atoms with Crippen molar-refractivity contribution in [2.45, 2.75) is 76.7 Å². The second-order valence-electron chi connectivity index (χ2n) is 6.76. The van der Waals surface area contributed by atoms with Crippen LogP contribution in [-0.4, -0.2) is 23.0 Å². The van der Waals surface area contributed by atoms with Crippen molar-refractivity contribution in [1.82, 2.24) is 0 Å². The zero-order valence-corrected chi connectivity index (χ0v) is 13.5. The van der Waals surface area contributed by atoms with Gasteiger partial charge in [-0.15, -0.1) is 0 Å². The third kappa shape index (κ3) is 3.88. The number of hydrogen-bond acceptors (Lipinski definition) is 3. The molecule has 0 unspecified atom stereocenters. The summed E-state index contributed by atoms with van der Waals surface area (Å²) in [6, 6.07) is 0. The molecule has 0 aromatic carbocycles. The molecular weight excluding hydrogens is 262 g/mol. The van der Waals surface area contributed by atoms with Crippen LogP contribution in [-0.2, 0) is 4.84 Å². The summed E-state index contributed by atoms with van der Waals surface area (Å²) in [6.07, 6.45) is 13.8. The van der Waals surface area contributed by atoms with Crippen LogP contribution in [0.1, 0.15) is 71.1 Å². The topological polar surface area (TPSA) is 41.8 Å². The van der Waals surface area contributed by atoms with Gasteiger partial charge in [-0.3, -0.25) is 0 Å². The average molecular weight is 293 g/mol. The fraction of sp³-hybridized carbons (Fsp3) is 0.833. The molecule has 0 atom stereocenters. The summed E-state index contributed by atoms with van der Waals surface area (Å²) in [7, 11) is 0. The first-order valence-corrected chi connectivity index (χ1v) is 8.70. The molecular formula is C18H31NO2. The van der Waals surface area contributed by atoms with E-state index in [-0.39, 0.29) is 0 Å². The largest absolute Gasteiger partial charge is 0.392 e. The van der Waals surface area contributed by atoms with Crippen LogP contribution in [0.25, 0.3) is 0 Å². The van der Waals surface area contributed by atoms with E-state index >= 15 is 0 Å². The summed E-state index contributed by atoms with van der Waals surface area (Å²) < 4.78 is 0. The van der Waals surface area contributed by atoms with Crippen molar-refractivity contribution in [2.75, 3.05) is 6.61 Å².